The zero-order valence-corrected chi connectivity index (χ0v) is 15.7. The normalized spacial score (nSPS) is 22.4. The SMILES string of the molecule is COc1cccc(COc2c(F)cccc2C2CC2NC2CCNCC2)c1. The average Bonchev–Trinajstić information content (AvgIpc) is 3.46. The molecular formula is C22H27FN2O2. The summed E-state index contributed by atoms with van der Waals surface area (Å²) < 4.78 is 25.7. The Hall–Kier alpha value is -2.11. The second-order valence-corrected chi connectivity index (χ2v) is 7.44. The van der Waals surface area contributed by atoms with Crippen molar-refractivity contribution in [2.75, 3.05) is 20.2 Å². The largest absolute Gasteiger partial charge is 0.497 e. The van der Waals surface area contributed by atoms with Gasteiger partial charge in [-0.15, -0.1) is 0 Å². The third kappa shape index (κ3) is 4.42. The van der Waals surface area contributed by atoms with Crippen LogP contribution in [0.3, 0.4) is 0 Å². The maximum Gasteiger partial charge on any atom is 0.165 e. The Morgan fingerprint density at radius 3 is 2.78 bits per heavy atom. The van der Waals surface area contributed by atoms with Gasteiger partial charge in [-0.1, -0.05) is 24.3 Å². The molecule has 5 heteroatoms. The molecule has 0 spiro atoms. The van der Waals surface area contributed by atoms with Crippen LogP contribution < -0.4 is 20.1 Å². The van der Waals surface area contributed by atoms with Crippen LogP contribution >= 0.6 is 0 Å². The Bertz CT molecular complexity index is 777. The molecule has 0 radical (unpaired) electrons. The molecule has 2 fully saturated rings. The molecule has 0 amide bonds. The molecule has 2 atom stereocenters. The molecule has 27 heavy (non-hydrogen) atoms. The Labute approximate surface area is 160 Å². The number of para-hydroxylation sites is 1. The van der Waals surface area contributed by atoms with E-state index in [2.05, 4.69) is 10.6 Å². The van der Waals surface area contributed by atoms with Crippen LogP contribution in [-0.4, -0.2) is 32.3 Å². The molecule has 4 nitrogen and oxygen atoms in total. The van der Waals surface area contributed by atoms with E-state index in [1.807, 2.05) is 30.3 Å². The summed E-state index contributed by atoms with van der Waals surface area (Å²) in [4.78, 5) is 0. The first kappa shape index (κ1) is 18.3. The third-order valence-corrected chi connectivity index (χ3v) is 5.49. The van der Waals surface area contributed by atoms with E-state index in [-0.39, 0.29) is 5.82 Å². The van der Waals surface area contributed by atoms with Crippen LogP contribution in [-0.2, 0) is 6.61 Å². The van der Waals surface area contributed by atoms with E-state index in [1.54, 1.807) is 13.2 Å². The van der Waals surface area contributed by atoms with Gasteiger partial charge in [0, 0.05) is 23.6 Å². The molecular weight excluding hydrogens is 343 g/mol. The summed E-state index contributed by atoms with van der Waals surface area (Å²) in [7, 11) is 1.64. The van der Waals surface area contributed by atoms with Crippen molar-refractivity contribution in [1.82, 2.24) is 10.6 Å². The average molecular weight is 370 g/mol. The molecule has 2 aromatic carbocycles. The third-order valence-electron chi connectivity index (χ3n) is 5.49. The molecule has 1 aliphatic heterocycles. The number of rotatable bonds is 7. The molecule has 144 valence electrons. The van der Waals surface area contributed by atoms with Crippen LogP contribution in [0.2, 0.25) is 0 Å². The molecule has 0 aromatic heterocycles. The number of piperidine rings is 1. The first-order valence-electron chi connectivity index (χ1n) is 9.75. The minimum Gasteiger partial charge on any atom is -0.497 e. The highest BCUT2D eigenvalue weighted by Gasteiger charge is 2.41. The maximum atomic E-state index is 14.5. The summed E-state index contributed by atoms with van der Waals surface area (Å²) in [5.74, 6) is 1.21. The lowest BCUT2D eigenvalue weighted by atomic mass is 10.1. The van der Waals surface area contributed by atoms with Crippen molar-refractivity contribution in [3.05, 3.63) is 59.4 Å². The minimum atomic E-state index is -0.289. The van der Waals surface area contributed by atoms with Gasteiger partial charge in [0.1, 0.15) is 12.4 Å². The van der Waals surface area contributed by atoms with Crippen molar-refractivity contribution in [2.24, 2.45) is 0 Å². The summed E-state index contributed by atoms with van der Waals surface area (Å²) >= 11 is 0. The minimum absolute atomic E-state index is 0.289. The molecule has 1 saturated heterocycles. The quantitative estimate of drug-likeness (QED) is 0.781. The fraction of sp³-hybridized carbons (Fsp3) is 0.455. The summed E-state index contributed by atoms with van der Waals surface area (Å²) in [6, 6.07) is 13.9. The van der Waals surface area contributed by atoms with Crippen LogP contribution in [0.1, 0.15) is 36.3 Å². The van der Waals surface area contributed by atoms with E-state index < -0.39 is 0 Å². The maximum absolute atomic E-state index is 14.5. The van der Waals surface area contributed by atoms with Crippen molar-refractivity contribution in [3.63, 3.8) is 0 Å². The lowest BCUT2D eigenvalue weighted by Crippen LogP contribution is -2.41. The van der Waals surface area contributed by atoms with E-state index in [0.717, 1.165) is 49.2 Å². The highest BCUT2D eigenvalue weighted by Crippen LogP contribution is 2.46. The Balaban J connectivity index is 1.42. The van der Waals surface area contributed by atoms with Gasteiger partial charge >= 0.3 is 0 Å². The zero-order valence-electron chi connectivity index (χ0n) is 15.7. The molecule has 1 saturated carbocycles. The van der Waals surface area contributed by atoms with Gasteiger partial charge in [-0.25, -0.2) is 4.39 Å². The smallest absolute Gasteiger partial charge is 0.165 e. The second-order valence-electron chi connectivity index (χ2n) is 7.44. The van der Waals surface area contributed by atoms with E-state index in [9.17, 15) is 4.39 Å². The number of benzene rings is 2. The van der Waals surface area contributed by atoms with Crippen molar-refractivity contribution < 1.29 is 13.9 Å². The topological polar surface area (TPSA) is 42.5 Å². The molecule has 1 aliphatic carbocycles. The molecule has 1 heterocycles. The fourth-order valence-corrected chi connectivity index (χ4v) is 3.90. The molecule has 2 aromatic rings. The predicted octanol–water partition coefficient (Wildman–Crippen LogP) is 3.61. The number of methoxy groups -OCH3 is 1. The second kappa shape index (κ2) is 8.28. The van der Waals surface area contributed by atoms with Gasteiger partial charge in [-0.2, -0.15) is 0 Å². The van der Waals surface area contributed by atoms with Crippen LogP contribution in [0, 0.1) is 5.82 Å². The molecule has 4 rings (SSSR count). The number of hydrogen-bond acceptors (Lipinski definition) is 4. The van der Waals surface area contributed by atoms with Crippen LogP contribution in [0.15, 0.2) is 42.5 Å². The zero-order chi connectivity index (χ0) is 18.6. The van der Waals surface area contributed by atoms with Crippen molar-refractivity contribution in [1.29, 1.82) is 0 Å². The molecule has 0 bridgehead atoms. The number of nitrogens with one attached hydrogen (secondary N) is 2. The van der Waals surface area contributed by atoms with Crippen molar-refractivity contribution in [2.45, 2.75) is 43.9 Å². The monoisotopic (exact) mass is 370 g/mol. The van der Waals surface area contributed by atoms with Crippen molar-refractivity contribution in [3.8, 4) is 11.5 Å². The van der Waals surface area contributed by atoms with Gasteiger partial charge < -0.3 is 20.1 Å². The highest BCUT2D eigenvalue weighted by atomic mass is 19.1. The Kier molecular flexibility index (Phi) is 5.60. The van der Waals surface area contributed by atoms with Gasteiger partial charge in [0.25, 0.3) is 0 Å². The Morgan fingerprint density at radius 2 is 1.96 bits per heavy atom. The molecule has 2 N–H and O–H groups in total. The number of halogens is 1. The van der Waals surface area contributed by atoms with Gasteiger partial charge in [0.2, 0.25) is 0 Å². The summed E-state index contributed by atoms with van der Waals surface area (Å²) in [6.07, 6.45) is 3.36. The summed E-state index contributed by atoms with van der Waals surface area (Å²) in [6.45, 7) is 2.47. The lowest BCUT2D eigenvalue weighted by molar-refractivity contribution is 0.285. The van der Waals surface area contributed by atoms with Gasteiger partial charge in [0.05, 0.1) is 7.11 Å². The van der Waals surface area contributed by atoms with Crippen molar-refractivity contribution >= 4 is 0 Å². The Morgan fingerprint density at radius 1 is 1.15 bits per heavy atom. The van der Waals surface area contributed by atoms with Crippen LogP contribution in [0.5, 0.6) is 11.5 Å². The van der Waals surface area contributed by atoms with E-state index >= 15 is 0 Å². The predicted molar refractivity (Wildman–Crippen MR) is 104 cm³/mol. The first-order valence-corrected chi connectivity index (χ1v) is 9.75. The van der Waals surface area contributed by atoms with E-state index in [1.165, 1.54) is 6.07 Å². The van der Waals surface area contributed by atoms with Crippen LogP contribution in [0.4, 0.5) is 4.39 Å². The first-order chi connectivity index (χ1) is 13.2. The lowest BCUT2D eigenvalue weighted by Gasteiger charge is -2.24. The van der Waals surface area contributed by atoms with E-state index in [4.69, 9.17) is 9.47 Å². The van der Waals surface area contributed by atoms with Gasteiger partial charge in [-0.3, -0.25) is 0 Å². The highest BCUT2D eigenvalue weighted by molar-refractivity contribution is 5.42. The summed E-state index contributed by atoms with van der Waals surface area (Å²) in [5.41, 5.74) is 1.94. The summed E-state index contributed by atoms with van der Waals surface area (Å²) in [5, 5.41) is 7.13. The fourth-order valence-electron chi connectivity index (χ4n) is 3.90. The van der Waals surface area contributed by atoms with E-state index in [0.29, 0.717) is 30.4 Å². The standard InChI is InChI=1S/C22H27FN2O2/c1-26-17-5-2-4-15(12-17)14-27-22-18(6-3-7-20(22)23)19-13-21(19)25-16-8-10-24-11-9-16/h2-7,12,16,19,21,24-25H,8-11,13-14H2,1H3. The number of ether oxygens (including phenoxy) is 2. The molecule has 2 unspecified atom stereocenters. The van der Waals surface area contributed by atoms with Gasteiger partial charge in [-0.05, 0) is 56.1 Å². The molecule has 2 aliphatic rings. The number of hydrogen-bond donors (Lipinski definition) is 2. The van der Waals surface area contributed by atoms with Crippen LogP contribution in [0.25, 0.3) is 0 Å². The van der Waals surface area contributed by atoms with Gasteiger partial charge in [0.15, 0.2) is 11.6 Å².